The van der Waals surface area contributed by atoms with E-state index in [1.54, 1.807) is 7.11 Å². The van der Waals surface area contributed by atoms with Crippen molar-refractivity contribution in [3.8, 4) is 5.75 Å². The van der Waals surface area contributed by atoms with Crippen LogP contribution in [0.5, 0.6) is 5.75 Å². The van der Waals surface area contributed by atoms with Gasteiger partial charge >= 0.3 is 0 Å². The average Bonchev–Trinajstić information content (AvgIpc) is 2.69. The van der Waals surface area contributed by atoms with Gasteiger partial charge in [0.2, 0.25) is 5.91 Å². The van der Waals surface area contributed by atoms with Gasteiger partial charge in [-0.05, 0) is 61.1 Å². The Hall–Kier alpha value is -2.49. The highest BCUT2D eigenvalue weighted by Gasteiger charge is 2.16. The van der Waals surface area contributed by atoms with Gasteiger partial charge in [0.25, 0.3) is 0 Å². The summed E-state index contributed by atoms with van der Waals surface area (Å²) in [5.41, 5.74) is 3.39. The lowest BCUT2D eigenvalue weighted by molar-refractivity contribution is -0.121. The van der Waals surface area contributed by atoms with E-state index >= 15 is 0 Å². The van der Waals surface area contributed by atoms with E-state index < -0.39 is 0 Å². The summed E-state index contributed by atoms with van der Waals surface area (Å²) in [4.78, 5) is 14.8. The first-order valence-electron chi connectivity index (χ1n) is 9.82. The maximum atomic E-state index is 12.3. The minimum Gasteiger partial charge on any atom is -0.497 e. The fourth-order valence-corrected chi connectivity index (χ4v) is 3.55. The molecule has 0 bridgehead atoms. The topological polar surface area (TPSA) is 41.6 Å². The number of methoxy groups -OCH3 is 1. The number of carbonyl (C=O) groups is 1. The second-order valence-electron chi connectivity index (χ2n) is 7.58. The Labute approximate surface area is 162 Å². The third kappa shape index (κ3) is 5.25. The van der Waals surface area contributed by atoms with Crippen molar-refractivity contribution in [2.75, 3.05) is 25.1 Å². The number of benzene rings is 2. The number of anilines is 1. The molecule has 1 amide bonds. The van der Waals surface area contributed by atoms with Crippen molar-refractivity contribution in [1.29, 1.82) is 0 Å². The Kier molecular flexibility index (Phi) is 6.38. The molecule has 0 aromatic heterocycles. The van der Waals surface area contributed by atoms with Crippen molar-refractivity contribution < 1.29 is 9.53 Å². The van der Waals surface area contributed by atoms with Crippen LogP contribution in [0, 0.1) is 5.92 Å². The second-order valence-corrected chi connectivity index (χ2v) is 7.58. The lowest BCUT2D eigenvalue weighted by Crippen LogP contribution is -2.32. The van der Waals surface area contributed by atoms with Gasteiger partial charge in [0.15, 0.2) is 0 Å². The smallest absolute Gasteiger partial charge is 0.224 e. The summed E-state index contributed by atoms with van der Waals surface area (Å²) >= 11 is 0. The maximum Gasteiger partial charge on any atom is 0.224 e. The largest absolute Gasteiger partial charge is 0.497 e. The van der Waals surface area contributed by atoms with E-state index in [9.17, 15) is 4.79 Å². The number of amides is 1. The standard InChI is InChI=1S/C23H30N2O2/c1-17-12-14-25(15-13-17)21-8-6-20(7-9-21)18(2)24-23(26)16-19-4-10-22(27-3)11-5-19/h4-11,17-18H,12-16H2,1-3H3,(H,24,26)/t18-/m1/s1. The molecule has 1 N–H and O–H groups in total. The summed E-state index contributed by atoms with van der Waals surface area (Å²) in [6.07, 6.45) is 2.90. The first-order chi connectivity index (χ1) is 13.0. The fraction of sp³-hybridized carbons (Fsp3) is 0.435. The van der Waals surface area contributed by atoms with Crippen LogP contribution in [0.4, 0.5) is 5.69 Å². The van der Waals surface area contributed by atoms with Crippen molar-refractivity contribution in [3.63, 3.8) is 0 Å². The SMILES string of the molecule is COc1ccc(CC(=O)N[C@H](C)c2ccc(N3CCC(C)CC3)cc2)cc1. The minimum absolute atomic E-state index is 0.00817. The molecule has 1 aliphatic heterocycles. The highest BCUT2D eigenvalue weighted by molar-refractivity contribution is 5.79. The monoisotopic (exact) mass is 366 g/mol. The lowest BCUT2D eigenvalue weighted by Gasteiger charge is -2.32. The molecule has 1 saturated heterocycles. The zero-order valence-electron chi connectivity index (χ0n) is 16.6. The van der Waals surface area contributed by atoms with Crippen LogP contribution in [0.25, 0.3) is 0 Å². The van der Waals surface area contributed by atoms with Gasteiger partial charge in [-0.15, -0.1) is 0 Å². The summed E-state index contributed by atoms with van der Waals surface area (Å²) < 4.78 is 5.15. The Morgan fingerprint density at radius 1 is 1.11 bits per heavy atom. The fourth-order valence-electron chi connectivity index (χ4n) is 3.55. The number of hydrogen-bond donors (Lipinski definition) is 1. The summed E-state index contributed by atoms with van der Waals surface area (Å²) in [6.45, 7) is 6.63. The molecule has 4 heteroatoms. The van der Waals surface area contributed by atoms with E-state index in [1.165, 1.54) is 18.5 Å². The number of ether oxygens (including phenoxy) is 1. The molecule has 144 valence electrons. The molecule has 1 aliphatic rings. The molecule has 0 saturated carbocycles. The predicted molar refractivity (Wildman–Crippen MR) is 110 cm³/mol. The molecule has 0 spiro atoms. The van der Waals surface area contributed by atoms with Gasteiger partial charge in [-0.2, -0.15) is 0 Å². The van der Waals surface area contributed by atoms with Crippen LogP contribution < -0.4 is 15.0 Å². The molecule has 3 rings (SSSR count). The second kappa shape index (κ2) is 8.94. The molecule has 27 heavy (non-hydrogen) atoms. The van der Waals surface area contributed by atoms with Gasteiger partial charge in [0.1, 0.15) is 5.75 Å². The molecule has 2 aromatic rings. The first kappa shape index (κ1) is 19.3. The molecule has 1 fully saturated rings. The lowest BCUT2D eigenvalue weighted by atomic mass is 9.98. The third-order valence-electron chi connectivity index (χ3n) is 5.44. The summed E-state index contributed by atoms with van der Waals surface area (Å²) in [5.74, 6) is 1.67. The molecule has 4 nitrogen and oxygen atoms in total. The van der Waals surface area contributed by atoms with Crippen LogP contribution in [-0.2, 0) is 11.2 Å². The van der Waals surface area contributed by atoms with Crippen LogP contribution in [0.2, 0.25) is 0 Å². The van der Waals surface area contributed by atoms with Gasteiger partial charge in [-0.1, -0.05) is 31.2 Å². The van der Waals surface area contributed by atoms with E-state index in [-0.39, 0.29) is 11.9 Å². The maximum absolute atomic E-state index is 12.3. The summed E-state index contributed by atoms with van der Waals surface area (Å²) in [7, 11) is 1.64. The van der Waals surface area contributed by atoms with Gasteiger partial charge in [0.05, 0.1) is 19.6 Å². The van der Waals surface area contributed by atoms with Crippen LogP contribution in [0.15, 0.2) is 48.5 Å². The Balaban J connectivity index is 1.53. The molecular weight excluding hydrogens is 336 g/mol. The molecule has 1 atom stereocenters. The van der Waals surface area contributed by atoms with Crippen LogP contribution in [0.1, 0.15) is 43.9 Å². The minimum atomic E-state index is -0.00817. The molecule has 0 radical (unpaired) electrons. The van der Waals surface area contributed by atoms with Crippen molar-refractivity contribution >= 4 is 11.6 Å². The number of nitrogens with one attached hydrogen (secondary N) is 1. The van der Waals surface area contributed by atoms with Crippen molar-refractivity contribution in [2.45, 2.75) is 39.2 Å². The van der Waals surface area contributed by atoms with Crippen molar-refractivity contribution in [3.05, 3.63) is 59.7 Å². The van der Waals surface area contributed by atoms with Crippen LogP contribution in [-0.4, -0.2) is 26.1 Å². The van der Waals surface area contributed by atoms with E-state index in [1.807, 2.05) is 31.2 Å². The van der Waals surface area contributed by atoms with E-state index in [4.69, 9.17) is 4.74 Å². The summed E-state index contributed by atoms with van der Waals surface area (Å²) in [5, 5.41) is 3.09. The number of carbonyl (C=O) groups excluding carboxylic acids is 1. The zero-order valence-corrected chi connectivity index (χ0v) is 16.6. The molecule has 1 heterocycles. The quantitative estimate of drug-likeness (QED) is 0.826. The third-order valence-corrected chi connectivity index (χ3v) is 5.44. The van der Waals surface area contributed by atoms with Gasteiger partial charge in [-0.3, -0.25) is 4.79 Å². The molecular formula is C23H30N2O2. The average molecular weight is 367 g/mol. The van der Waals surface area contributed by atoms with Gasteiger partial charge in [0, 0.05) is 18.8 Å². The first-order valence-corrected chi connectivity index (χ1v) is 9.82. The zero-order chi connectivity index (χ0) is 19.2. The summed E-state index contributed by atoms with van der Waals surface area (Å²) in [6, 6.07) is 16.2. The molecule has 0 aliphatic carbocycles. The highest BCUT2D eigenvalue weighted by atomic mass is 16.5. The van der Waals surface area contributed by atoms with E-state index in [0.29, 0.717) is 6.42 Å². The van der Waals surface area contributed by atoms with E-state index in [0.717, 1.165) is 35.9 Å². The van der Waals surface area contributed by atoms with Gasteiger partial charge < -0.3 is 15.0 Å². The van der Waals surface area contributed by atoms with E-state index in [2.05, 4.69) is 41.4 Å². The van der Waals surface area contributed by atoms with Crippen molar-refractivity contribution in [2.24, 2.45) is 5.92 Å². The number of nitrogens with zero attached hydrogens (tertiary/aromatic N) is 1. The molecule has 2 aromatic carbocycles. The van der Waals surface area contributed by atoms with Crippen LogP contribution >= 0.6 is 0 Å². The number of rotatable bonds is 6. The van der Waals surface area contributed by atoms with Crippen molar-refractivity contribution in [1.82, 2.24) is 5.32 Å². The Bertz CT molecular complexity index is 732. The Morgan fingerprint density at radius 3 is 2.33 bits per heavy atom. The predicted octanol–water partition coefficient (Wildman–Crippen LogP) is 4.35. The normalized spacial score (nSPS) is 16.0. The molecule has 0 unspecified atom stereocenters. The Morgan fingerprint density at radius 2 is 1.74 bits per heavy atom. The van der Waals surface area contributed by atoms with Crippen LogP contribution in [0.3, 0.4) is 0 Å². The number of piperidine rings is 1. The number of hydrogen-bond acceptors (Lipinski definition) is 3. The van der Waals surface area contributed by atoms with Gasteiger partial charge in [-0.25, -0.2) is 0 Å². The highest BCUT2D eigenvalue weighted by Crippen LogP contribution is 2.24.